The largest absolute Gasteiger partial charge is 0.373 e. The highest BCUT2D eigenvalue weighted by molar-refractivity contribution is 5.82. The van der Waals surface area contributed by atoms with Gasteiger partial charge in [0.25, 0.3) is 0 Å². The molecule has 1 aliphatic rings. The molecule has 6 heteroatoms. The van der Waals surface area contributed by atoms with Crippen molar-refractivity contribution in [1.29, 1.82) is 0 Å². The Morgan fingerprint density at radius 2 is 1.89 bits per heavy atom. The quantitative estimate of drug-likeness (QED) is 0.797. The van der Waals surface area contributed by atoms with Gasteiger partial charge in [0.1, 0.15) is 0 Å². The lowest BCUT2D eigenvalue weighted by Crippen LogP contribution is -2.56. The smallest absolute Gasteiger partial charge is 0.237 e. The van der Waals surface area contributed by atoms with E-state index in [2.05, 4.69) is 55.0 Å². The van der Waals surface area contributed by atoms with Crippen molar-refractivity contribution in [3.8, 4) is 0 Å². The Balaban J connectivity index is 1.66. The van der Waals surface area contributed by atoms with Crippen LogP contribution < -0.4 is 5.32 Å². The maximum atomic E-state index is 13.1. The predicted octanol–water partition coefficient (Wildman–Crippen LogP) is 2.68. The lowest BCUT2D eigenvalue weighted by Gasteiger charge is -2.41. The van der Waals surface area contributed by atoms with Crippen molar-refractivity contribution < 1.29 is 9.53 Å². The molecule has 3 atom stereocenters. The number of nitrogens with zero attached hydrogens (tertiary/aromatic N) is 3. The second-order valence-electron chi connectivity index (χ2n) is 8.12. The second kappa shape index (κ2) is 9.34. The van der Waals surface area contributed by atoms with Gasteiger partial charge in [0.05, 0.1) is 24.6 Å². The van der Waals surface area contributed by atoms with Gasteiger partial charge in [-0.15, -0.1) is 0 Å². The molecule has 28 heavy (non-hydrogen) atoms. The van der Waals surface area contributed by atoms with Gasteiger partial charge in [-0.2, -0.15) is 0 Å². The van der Waals surface area contributed by atoms with Crippen LogP contribution in [0.3, 0.4) is 0 Å². The van der Waals surface area contributed by atoms with Crippen LogP contribution in [0.5, 0.6) is 0 Å². The average molecular weight is 385 g/mol. The van der Waals surface area contributed by atoms with Gasteiger partial charge in [0.15, 0.2) is 0 Å². The minimum atomic E-state index is -0.144. The van der Waals surface area contributed by atoms with Crippen molar-refractivity contribution in [2.75, 3.05) is 13.1 Å². The minimum Gasteiger partial charge on any atom is -0.373 e. The van der Waals surface area contributed by atoms with Gasteiger partial charge in [-0.1, -0.05) is 38.1 Å². The highest BCUT2D eigenvalue weighted by atomic mass is 16.5. The molecule has 2 aromatic rings. The van der Waals surface area contributed by atoms with Crippen molar-refractivity contribution in [2.45, 2.75) is 59.0 Å². The first kappa shape index (κ1) is 20.6. The zero-order chi connectivity index (χ0) is 20.1. The normalized spacial score (nSPS) is 21.6. The number of amides is 1. The topological polar surface area (TPSA) is 59.4 Å². The molecule has 0 radical (unpaired) electrons. The van der Waals surface area contributed by atoms with E-state index in [0.29, 0.717) is 6.54 Å². The number of morpholine rings is 1. The highest BCUT2D eigenvalue weighted by Crippen LogP contribution is 2.19. The number of hydrogen-bond donors (Lipinski definition) is 1. The third-order valence-corrected chi connectivity index (χ3v) is 5.22. The molecule has 0 saturated carbocycles. The molecule has 1 fully saturated rings. The van der Waals surface area contributed by atoms with Gasteiger partial charge in [-0.05, 0) is 30.9 Å². The number of imidazole rings is 1. The highest BCUT2D eigenvalue weighted by Gasteiger charge is 2.34. The van der Waals surface area contributed by atoms with E-state index in [-0.39, 0.29) is 30.1 Å². The summed E-state index contributed by atoms with van der Waals surface area (Å²) < 4.78 is 7.88. The van der Waals surface area contributed by atoms with E-state index in [1.165, 1.54) is 5.56 Å². The third kappa shape index (κ3) is 5.20. The van der Waals surface area contributed by atoms with E-state index in [1.54, 1.807) is 6.20 Å². The second-order valence-corrected chi connectivity index (χ2v) is 8.12. The van der Waals surface area contributed by atoms with Gasteiger partial charge in [0, 0.05) is 38.6 Å². The van der Waals surface area contributed by atoms with Crippen LogP contribution in [0.25, 0.3) is 0 Å². The zero-order valence-corrected chi connectivity index (χ0v) is 17.3. The molecule has 1 aromatic carbocycles. The predicted molar refractivity (Wildman–Crippen MR) is 110 cm³/mol. The van der Waals surface area contributed by atoms with E-state index < -0.39 is 0 Å². The SMILES string of the molecule is CC1CN(C(C(=O)NCc2ccccc2Cn2ccnc2)C(C)C)CC(C)O1. The molecule has 1 aliphatic heterocycles. The maximum absolute atomic E-state index is 13.1. The van der Waals surface area contributed by atoms with Crippen LogP contribution in [0.1, 0.15) is 38.8 Å². The Kier molecular flexibility index (Phi) is 6.86. The Morgan fingerprint density at radius 1 is 1.21 bits per heavy atom. The number of carbonyl (C=O) groups is 1. The fourth-order valence-electron chi connectivity index (χ4n) is 4.08. The summed E-state index contributed by atoms with van der Waals surface area (Å²) in [7, 11) is 0. The molecule has 152 valence electrons. The Morgan fingerprint density at radius 3 is 2.50 bits per heavy atom. The van der Waals surface area contributed by atoms with Crippen LogP contribution >= 0.6 is 0 Å². The Hall–Kier alpha value is -2.18. The first-order valence-electron chi connectivity index (χ1n) is 10.1. The van der Waals surface area contributed by atoms with Crippen LogP contribution in [0, 0.1) is 5.92 Å². The van der Waals surface area contributed by atoms with Crippen molar-refractivity contribution in [2.24, 2.45) is 5.92 Å². The summed E-state index contributed by atoms with van der Waals surface area (Å²) in [4.78, 5) is 19.5. The summed E-state index contributed by atoms with van der Waals surface area (Å²) in [6, 6.07) is 8.09. The van der Waals surface area contributed by atoms with Crippen molar-refractivity contribution in [1.82, 2.24) is 19.8 Å². The third-order valence-electron chi connectivity index (χ3n) is 5.22. The maximum Gasteiger partial charge on any atom is 0.237 e. The summed E-state index contributed by atoms with van der Waals surface area (Å²) >= 11 is 0. The molecule has 1 aromatic heterocycles. The van der Waals surface area contributed by atoms with Crippen molar-refractivity contribution in [3.05, 3.63) is 54.1 Å². The lowest BCUT2D eigenvalue weighted by molar-refractivity contribution is -0.135. The molecule has 1 N–H and O–H groups in total. The molecule has 6 nitrogen and oxygen atoms in total. The van der Waals surface area contributed by atoms with Gasteiger partial charge >= 0.3 is 0 Å². The van der Waals surface area contributed by atoms with E-state index in [4.69, 9.17) is 4.74 Å². The molecule has 3 unspecified atom stereocenters. The average Bonchev–Trinajstić information content (AvgIpc) is 3.13. The fraction of sp³-hybridized carbons (Fsp3) is 0.545. The first-order valence-corrected chi connectivity index (χ1v) is 10.1. The van der Waals surface area contributed by atoms with E-state index in [1.807, 2.05) is 29.2 Å². The van der Waals surface area contributed by atoms with Gasteiger partial charge in [-0.25, -0.2) is 4.98 Å². The van der Waals surface area contributed by atoms with Crippen LogP contribution in [-0.2, 0) is 22.6 Å². The van der Waals surface area contributed by atoms with Gasteiger partial charge in [0.2, 0.25) is 5.91 Å². The number of aromatic nitrogens is 2. The Labute approximate surface area is 167 Å². The molecule has 0 aliphatic carbocycles. The van der Waals surface area contributed by atoms with E-state index >= 15 is 0 Å². The van der Waals surface area contributed by atoms with Crippen LogP contribution in [0.2, 0.25) is 0 Å². The molecular formula is C22H32N4O2. The number of rotatable bonds is 7. The lowest BCUT2D eigenvalue weighted by atomic mass is 9.99. The summed E-state index contributed by atoms with van der Waals surface area (Å²) in [5.74, 6) is 0.326. The van der Waals surface area contributed by atoms with Gasteiger partial charge < -0.3 is 14.6 Å². The van der Waals surface area contributed by atoms with Crippen molar-refractivity contribution >= 4 is 5.91 Å². The van der Waals surface area contributed by atoms with Gasteiger partial charge in [-0.3, -0.25) is 9.69 Å². The Bertz CT molecular complexity index is 750. The van der Waals surface area contributed by atoms with Crippen LogP contribution in [-0.4, -0.2) is 51.7 Å². The summed E-state index contributed by atoms with van der Waals surface area (Å²) in [5.41, 5.74) is 2.33. The number of hydrogen-bond acceptors (Lipinski definition) is 4. The fourth-order valence-corrected chi connectivity index (χ4v) is 4.08. The first-order chi connectivity index (χ1) is 13.4. The van der Waals surface area contributed by atoms with E-state index in [0.717, 1.165) is 25.2 Å². The molecule has 0 spiro atoms. The van der Waals surface area contributed by atoms with E-state index in [9.17, 15) is 4.79 Å². The van der Waals surface area contributed by atoms with Crippen molar-refractivity contribution in [3.63, 3.8) is 0 Å². The molecule has 1 saturated heterocycles. The molecule has 0 bridgehead atoms. The minimum absolute atomic E-state index is 0.0914. The number of benzene rings is 1. The molecule has 1 amide bonds. The summed E-state index contributed by atoms with van der Waals surface area (Å²) in [6.45, 7) is 11.2. The summed E-state index contributed by atoms with van der Waals surface area (Å²) in [5, 5.41) is 3.18. The van der Waals surface area contributed by atoms with Crippen LogP contribution in [0.15, 0.2) is 43.0 Å². The molecule has 3 rings (SSSR count). The molecular weight excluding hydrogens is 352 g/mol. The summed E-state index contributed by atoms with van der Waals surface area (Å²) in [6.07, 6.45) is 5.83. The van der Waals surface area contributed by atoms with Crippen LogP contribution in [0.4, 0.5) is 0 Å². The number of carbonyl (C=O) groups excluding carboxylic acids is 1. The molecule has 2 heterocycles. The number of nitrogens with one attached hydrogen (secondary N) is 1. The standard InChI is InChI=1S/C22H32N4O2/c1-16(2)21(26-12-17(3)28-18(4)13-26)22(27)24-11-19-7-5-6-8-20(19)14-25-10-9-23-15-25/h5-10,15-18,21H,11-14H2,1-4H3,(H,24,27). The number of ether oxygens (including phenoxy) is 1. The monoisotopic (exact) mass is 384 g/mol. The zero-order valence-electron chi connectivity index (χ0n) is 17.3.